The number of aliphatic hydroxyl groups is 2. The van der Waals surface area contributed by atoms with Crippen LogP contribution in [0.1, 0.15) is 110 Å². The molecule has 210 valence electrons. The Balaban J connectivity index is 1.12. The van der Waals surface area contributed by atoms with Gasteiger partial charge in [-0.2, -0.15) is 0 Å². The maximum absolute atomic E-state index is 13.8. The molecule has 0 radical (unpaired) electrons. The molecule has 2 heterocycles. The number of carbonyl (C=O) groups excluding carboxylic acids is 1. The highest BCUT2D eigenvalue weighted by atomic mass is 16.7. The molecule has 0 aromatic rings. The minimum atomic E-state index is -0.796. The van der Waals surface area contributed by atoms with Gasteiger partial charge in [0.2, 0.25) is 5.91 Å². The molecule has 0 spiro atoms. The molecule has 1 amide bonds. The summed E-state index contributed by atoms with van der Waals surface area (Å²) in [4.78, 5) is 16.2. The third kappa shape index (κ3) is 4.70. The second-order valence-corrected chi connectivity index (χ2v) is 14.2. The lowest BCUT2D eigenvalue weighted by Gasteiger charge is -2.64. The molecule has 0 aromatic heterocycles. The van der Waals surface area contributed by atoms with Crippen molar-refractivity contribution in [2.45, 2.75) is 140 Å². The van der Waals surface area contributed by atoms with Crippen LogP contribution in [0.25, 0.3) is 0 Å². The Labute approximate surface area is 223 Å². The molecule has 2 aliphatic heterocycles. The van der Waals surface area contributed by atoms with E-state index in [9.17, 15) is 15.0 Å². The second kappa shape index (κ2) is 10.4. The molecule has 4 saturated carbocycles. The van der Waals surface area contributed by atoms with Crippen LogP contribution in [-0.4, -0.2) is 64.3 Å². The number of hydrogen-bond acceptors (Lipinski definition) is 5. The molecule has 6 heteroatoms. The monoisotopic (exact) mass is 517 g/mol. The first-order chi connectivity index (χ1) is 17.8. The van der Waals surface area contributed by atoms with E-state index in [2.05, 4.69) is 18.7 Å². The summed E-state index contributed by atoms with van der Waals surface area (Å²) in [5.74, 6) is 3.62. The van der Waals surface area contributed by atoms with E-state index in [1.807, 2.05) is 0 Å². The number of amides is 1. The van der Waals surface area contributed by atoms with Crippen LogP contribution in [0, 0.1) is 35.0 Å². The van der Waals surface area contributed by atoms with E-state index in [1.54, 1.807) is 0 Å². The molecule has 4 aliphatic carbocycles. The van der Waals surface area contributed by atoms with Crippen molar-refractivity contribution in [3.8, 4) is 0 Å². The molecule has 0 aromatic carbocycles. The number of carbonyl (C=O) groups is 1. The highest BCUT2D eigenvalue weighted by molar-refractivity contribution is 5.80. The van der Waals surface area contributed by atoms with E-state index < -0.39 is 18.5 Å². The van der Waals surface area contributed by atoms with Gasteiger partial charge >= 0.3 is 0 Å². The number of rotatable bonds is 3. The normalized spacial score (nSPS) is 49.0. The molecule has 0 bridgehead atoms. The van der Waals surface area contributed by atoms with Crippen LogP contribution >= 0.6 is 0 Å². The zero-order valence-corrected chi connectivity index (χ0v) is 23.3. The van der Waals surface area contributed by atoms with Crippen LogP contribution in [-0.2, 0) is 14.3 Å². The molecule has 2 N–H and O–H groups in total. The van der Waals surface area contributed by atoms with Crippen molar-refractivity contribution in [3.63, 3.8) is 0 Å². The van der Waals surface area contributed by atoms with Gasteiger partial charge in [-0.3, -0.25) is 4.79 Å². The summed E-state index contributed by atoms with van der Waals surface area (Å²) in [5.41, 5.74) is 0.421. The Morgan fingerprint density at radius 2 is 1.68 bits per heavy atom. The van der Waals surface area contributed by atoms with Gasteiger partial charge in [-0.1, -0.05) is 26.2 Å². The Kier molecular flexibility index (Phi) is 7.44. The van der Waals surface area contributed by atoms with Crippen LogP contribution in [0.4, 0.5) is 0 Å². The highest BCUT2D eigenvalue weighted by Gasteiger charge is 2.59. The molecule has 37 heavy (non-hydrogen) atoms. The number of ether oxygens (including phenoxy) is 2. The van der Waals surface area contributed by atoms with Crippen molar-refractivity contribution in [2.75, 3.05) is 13.2 Å². The van der Waals surface area contributed by atoms with Gasteiger partial charge in [0.25, 0.3) is 0 Å². The molecular weight excluding hydrogens is 466 g/mol. The average molecular weight is 518 g/mol. The fourth-order valence-electron chi connectivity index (χ4n) is 10.2. The van der Waals surface area contributed by atoms with Crippen LogP contribution in [0.5, 0.6) is 0 Å². The fourth-order valence-corrected chi connectivity index (χ4v) is 10.2. The summed E-state index contributed by atoms with van der Waals surface area (Å²) in [7, 11) is 0. The van der Waals surface area contributed by atoms with Gasteiger partial charge in [0, 0.05) is 24.4 Å². The molecule has 4 unspecified atom stereocenters. The summed E-state index contributed by atoms with van der Waals surface area (Å²) in [6.45, 7) is 6.18. The number of nitrogens with zero attached hydrogens (tertiary/aromatic N) is 1. The fraction of sp³-hybridized carbons (Fsp3) is 0.968. The quantitative estimate of drug-likeness (QED) is 0.513. The van der Waals surface area contributed by atoms with E-state index in [4.69, 9.17) is 9.47 Å². The molecule has 6 aliphatic rings. The Morgan fingerprint density at radius 3 is 2.46 bits per heavy atom. The first kappa shape index (κ1) is 26.5. The van der Waals surface area contributed by atoms with Gasteiger partial charge in [-0.15, -0.1) is 0 Å². The van der Waals surface area contributed by atoms with Crippen molar-refractivity contribution in [3.05, 3.63) is 0 Å². The molecule has 10 atom stereocenters. The summed E-state index contributed by atoms with van der Waals surface area (Å²) in [6, 6.07) is 0. The van der Waals surface area contributed by atoms with Crippen LogP contribution in [0.3, 0.4) is 0 Å². The molecule has 6 rings (SSSR count). The van der Waals surface area contributed by atoms with Crippen molar-refractivity contribution in [1.82, 2.24) is 4.90 Å². The maximum Gasteiger partial charge on any atom is 0.226 e. The number of piperidine rings is 1. The first-order valence-corrected chi connectivity index (χ1v) is 15.7. The summed E-state index contributed by atoms with van der Waals surface area (Å²) >= 11 is 0. The molecular formula is C31H51NO5. The van der Waals surface area contributed by atoms with Crippen molar-refractivity contribution in [2.24, 2.45) is 35.0 Å². The SMILES string of the molecule is C[C@]12CC[C@H](O[C@H]3C[C@@H](O)[C@H](O)CO3)CC1CCC1C2CC[C@@]2(C)C1CCCN2C(=O)C1CCCCC1. The van der Waals surface area contributed by atoms with Gasteiger partial charge < -0.3 is 24.6 Å². The number of likely N-dealkylation sites (tertiary alicyclic amines) is 1. The van der Waals surface area contributed by atoms with Gasteiger partial charge in [0.05, 0.1) is 18.8 Å². The van der Waals surface area contributed by atoms with Crippen molar-refractivity contribution in [1.29, 1.82) is 0 Å². The molecule has 6 nitrogen and oxygen atoms in total. The van der Waals surface area contributed by atoms with Gasteiger partial charge in [-0.05, 0) is 107 Å². The minimum absolute atomic E-state index is 0.0567. The van der Waals surface area contributed by atoms with E-state index in [1.165, 1.54) is 64.2 Å². The Morgan fingerprint density at radius 1 is 0.865 bits per heavy atom. The lowest BCUT2D eigenvalue weighted by Crippen LogP contribution is -2.65. The third-order valence-electron chi connectivity index (χ3n) is 12.4. The molecule has 6 fully saturated rings. The van der Waals surface area contributed by atoms with Crippen molar-refractivity contribution < 1.29 is 24.5 Å². The summed E-state index contributed by atoms with van der Waals surface area (Å²) in [6.07, 6.45) is 15.4. The minimum Gasteiger partial charge on any atom is -0.390 e. The first-order valence-electron chi connectivity index (χ1n) is 15.7. The third-order valence-corrected chi connectivity index (χ3v) is 12.4. The predicted molar refractivity (Wildman–Crippen MR) is 142 cm³/mol. The largest absolute Gasteiger partial charge is 0.390 e. The van der Waals surface area contributed by atoms with E-state index >= 15 is 0 Å². The maximum atomic E-state index is 13.8. The van der Waals surface area contributed by atoms with Crippen LogP contribution < -0.4 is 0 Å². The molecule has 2 saturated heterocycles. The Hall–Kier alpha value is -0.690. The van der Waals surface area contributed by atoms with E-state index in [0.29, 0.717) is 29.6 Å². The summed E-state index contributed by atoms with van der Waals surface area (Å²) < 4.78 is 12.0. The van der Waals surface area contributed by atoms with Crippen LogP contribution in [0.15, 0.2) is 0 Å². The van der Waals surface area contributed by atoms with E-state index in [0.717, 1.165) is 44.1 Å². The average Bonchev–Trinajstić information content (AvgIpc) is 2.90. The second-order valence-electron chi connectivity index (χ2n) is 14.2. The van der Waals surface area contributed by atoms with Gasteiger partial charge in [-0.25, -0.2) is 0 Å². The van der Waals surface area contributed by atoms with Gasteiger partial charge in [0.15, 0.2) is 6.29 Å². The number of aliphatic hydroxyl groups excluding tert-OH is 2. The lowest BCUT2D eigenvalue weighted by molar-refractivity contribution is -0.246. The van der Waals surface area contributed by atoms with Crippen LogP contribution in [0.2, 0.25) is 0 Å². The summed E-state index contributed by atoms with van der Waals surface area (Å²) in [5, 5.41) is 19.8. The zero-order valence-electron chi connectivity index (χ0n) is 23.3. The lowest BCUT2D eigenvalue weighted by atomic mass is 9.45. The van der Waals surface area contributed by atoms with Crippen molar-refractivity contribution >= 4 is 5.91 Å². The topological polar surface area (TPSA) is 79.2 Å². The van der Waals surface area contributed by atoms with E-state index in [-0.39, 0.29) is 24.2 Å². The number of fused-ring (bicyclic) bond motifs is 5. The standard InChI is InChI=1S/C31H51NO5/c1-30-14-12-22(37-28-18-26(33)27(34)19-36-28)17-21(30)10-11-23-24(30)13-15-31(2)25(23)9-6-16-32(31)29(35)20-7-4-3-5-8-20/h20-28,33-34H,3-19H2,1-2H3/t21?,22-,23?,24?,25?,26+,27+,28-,30-,31-/m0/s1. The number of hydrogen-bond donors (Lipinski definition) is 2. The zero-order chi connectivity index (χ0) is 25.8. The Bertz CT molecular complexity index is 830. The smallest absolute Gasteiger partial charge is 0.226 e. The highest BCUT2D eigenvalue weighted by Crippen LogP contribution is 2.63. The predicted octanol–water partition coefficient (Wildman–Crippen LogP) is 5.04. The van der Waals surface area contributed by atoms with Gasteiger partial charge in [0.1, 0.15) is 6.10 Å².